The molecule has 0 saturated carbocycles. The SMILES string of the molecule is CCNC(=O)c1ccc(N)cc1N1CCCC(OCC)C1. The van der Waals surface area contributed by atoms with Gasteiger partial charge >= 0.3 is 0 Å². The number of benzene rings is 1. The molecule has 0 aromatic heterocycles. The minimum absolute atomic E-state index is 0.0500. The molecule has 1 saturated heterocycles. The molecule has 2 rings (SSSR count). The first-order chi connectivity index (χ1) is 10.2. The number of piperidine rings is 1. The summed E-state index contributed by atoms with van der Waals surface area (Å²) in [5.74, 6) is -0.0500. The second kappa shape index (κ2) is 7.31. The van der Waals surface area contributed by atoms with E-state index in [9.17, 15) is 4.79 Å². The van der Waals surface area contributed by atoms with Gasteiger partial charge in [-0.15, -0.1) is 0 Å². The van der Waals surface area contributed by atoms with Gasteiger partial charge in [0.2, 0.25) is 0 Å². The van der Waals surface area contributed by atoms with Crippen LogP contribution < -0.4 is 16.0 Å². The number of amides is 1. The zero-order valence-corrected chi connectivity index (χ0v) is 12.9. The van der Waals surface area contributed by atoms with Crippen molar-refractivity contribution < 1.29 is 9.53 Å². The topological polar surface area (TPSA) is 67.6 Å². The lowest BCUT2D eigenvalue weighted by Crippen LogP contribution is -2.41. The average molecular weight is 291 g/mol. The first-order valence-electron chi connectivity index (χ1n) is 7.70. The third kappa shape index (κ3) is 3.88. The van der Waals surface area contributed by atoms with Crippen molar-refractivity contribution in [3.63, 3.8) is 0 Å². The molecule has 21 heavy (non-hydrogen) atoms. The van der Waals surface area contributed by atoms with Gasteiger partial charge in [0.15, 0.2) is 0 Å². The Morgan fingerprint density at radius 2 is 2.29 bits per heavy atom. The maximum Gasteiger partial charge on any atom is 0.253 e. The molecule has 1 aliphatic heterocycles. The molecule has 0 bridgehead atoms. The fraction of sp³-hybridized carbons (Fsp3) is 0.562. The number of nitrogens with zero attached hydrogens (tertiary/aromatic N) is 1. The largest absolute Gasteiger partial charge is 0.399 e. The van der Waals surface area contributed by atoms with Crippen LogP contribution in [-0.4, -0.2) is 38.3 Å². The van der Waals surface area contributed by atoms with Gasteiger partial charge in [0, 0.05) is 31.9 Å². The Labute approximate surface area is 126 Å². The van der Waals surface area contributed by atoms with Crippen LogP contribution in [-0.2, 0) is 4.74 Å². The predicted molar refractivity (Wildman–Crippen MR) is 85.7 cm³/mol. The monoisotopic (exact) mass is 291 g/mol. The van der Waals surface area contributed by atoms with Crippen LogP contribution >= 0.6 is 0 Å². The van der Waals surface area contributed by atoms with Crippen molar-refractivity contribution in [2.24, 2.45) is 0 Å². The van der Waals surface area contributed by atoms with E-state index in [4.69, 9.17) is 10.5 Å². The maximum atomic E-state index is 12.2. The zero-order valence-electron chi connectivity index (χ0n) is 12.9. The highest BCUT2D eigenvalue weighted by atomic mass is 16.5. The molecule has 1 amide bonds. The van der Waals surface area contributed by atoms with Crippen molar-refractivity contribution in [2.45, 2.75) is 32.8 Å². The number of hydrogen-bond donors (Lipinski definition) is 2. The van der Waals surface area contributed by atoms with Gasteiger partial charge in [0.1, 0.15) is 0 Å². The zero-order chi connectivity index (χ0) is 15.2. The summed E-state index contributed by atoms with van der Waals surface area (Å²) >= 11 is 0. The van der Waals surface area contributed by atoms with Gasteiger partial charge in [0.05, 0.1) is 17.4 Å². The summed E-state index contributed by atoms with van der Waals surface area (Å²) in [6.45, 7) is 7.01. The standard InChI is InChI=1S/C16H25N3O2/c1-3-18-16(20)14-8-7-12(17)10-15(14)19-9-5-6-13(11-19)21-4-2/h7-8,10,13H,3-6,9,11,17H2,1-2H3,(H,18,20). The summed E-state index contributed by atoms with van der Waals surface area (Å²) in [5, 5.41) is 2.86. The second-order valence-electron chi connectivity index (χ2n) is 5.30. The number of carbonyl (C=O) groups excluding carboxylic acids is 1. The molecule has 5 nitrogen and oxygen atoms in total. The number of nitrogens with two attached hydrogens (primary N) is 1. The molecule has 116 valence electrons. The van der Waals surface area contributed by atoms with Crippen LogP contribution in [0.1, 0.15) is 37.0 Å². The molecular weight excluding hydrogens is 266 g/mol. The lowest BCUT2D eigenvalue weighted by Gasteiger charge is -2.35. The van der Waals surface area contributed by atoms with Crippen LogP contribution in [0.15, 0.2) is 18.2 Å². The number of nitrogens with one attached hydrogen (secondary N) is 1. The van der Waals surface area contributed by atoms with Crippen molar-refractivity contribution in [3.05, 3.63) is 23.8 Å². The third-order valence-corrected chi connectivity index (χ3v) is 3.72. The highest BCUT2D eigenvalue weighted by molar-refractivity contribution is 6.00. The smallest absolute Gasteiger partial charge is 0.253 e. The van der Waals surface area contributed by atoms with E-state index in [1.54, 1.807) is 12.1 Å². The second-order valence-corrected chi connectivity index (χ2v) is 5.30. The lowest BCUT2D eigenvalue weighted by molar-refractivity contribution is 0.0526. The molecule has 5 heteroatoms. The van der Waals surface area contributed by atoms with E-state index >= 15 is 0 Å². The normalized spacial score (nSPS) is 18.6. The lowest BCUT2D eigenvalue weighted by atomic mass is 10.0. The Morgan fingerprint density at radius 1 is 1.48 bits per heavy atom. The van der Waals surface area contributed by atoms with Gasteiger partial charge in [-0.25, -0.2) is 0 Å². The summed E-state index contributed by atoms with van der Waals surface area (Å²) in [4.78, 5) is 14.4. The van der Waals surface area contributed by atoms with Crippen molar-refractivity contribution in [1.29, 1.82) is 0 Å². The molecule has 1 aromatic rings. The minimum Gasteiger partial charge on any atom is -0.399 e. The molecule has 1 aliphatic rings. The van der Waals surface area contributed by atoms with E-state index in [2.05, 4.69) is 10.2 Å². The van der Waals surface area contributed by atoms with Gasteiger partial charge in [-0.3, -0.25) is 4.79 Å². The van der Waals surface area contributed by atoms with Gasteiger partial charge in [-0.1, -0.05) is 0 Å². The summed E-state index contributed by atoms with van der Waals surface area (Å²) in [5.41, 5.74) is 8.18. The number of carbonyl (C=O) groups is 1. The summed E-state index contributed by atoms with van der Waals surface area (Å²) in [6, 6.07) is 5.47. The molecule has 1 fully saturated rings. The highest BCUT2D eigenvalue weighted by Gasteiger charge is 2.23. The molecule has 1 unspecified atom stereocenters. The number of ether oxygens (including phenoxy) is 1. The molecule has 1 heterocycles. The van der Waals surface area contributed by atoms with Crippen molar-refractivity contribution >= 4 is 17.3 Å². The Bertz CT molecular complexity index is 488. The predicted octanol–water partition coefficient (Wildman–Crippen LogP) is 2.02. The van der Waals surface area contributed by atoms with Crippen LogP contribution in [0.4, 0.5) is 11.4 Å². The van der Waals surface area contributed by atoms with Crippen molar-refractivity contribution in [2.75, 3.05) is 36.9 Å². The molecular formula is C16H25N3O2. The van der Waals surface area contributed by atoms with Gasteiger partial charge < -0.3 is 20.7 Å². The maximum absolute atomic E-state index is 12.2. The Balaban J connectivity index is 2.24. The number of rotatable bonds is 5. The van der Waals surface area contributed by atoms with E-state index < -0.39 is 0 Å². The molecule has 0 radical (unpaired) electrons. The number of nitrogen functional groups attached to an aromatic ring is 1. The van der Waals surface area contributed by atoms with Crippen LogP contribution in [0.5, 0.6) is 0 Å². The van der Waals surface area contributed by atoms with Crippen molar-refractivity contribution in [1.82, 2.24) is 5.32 Å². The fourth-order valence-corrected chi connectivity index (χ4v) is 2.79. The quantitative estimate of drug-likeness (QED) is 0.815. The summed E-state index contributed by atoms with van der Waals surface area (Å²) in [7, 11) is 0. The van der Waals surface area contributed by atoms with Gasteiger partial charge in [-0.2, -0.15) is 0 Å². The number of anilines is 2. The minimum atomic E-state index is -0.0500. The number of hydrogen-bond acceptors (Lipinski definition) is 4. The third-order valence-electron chi connectivity index (χ3n) is 3.72. The Hall–Kier alpha value is -1.75. The molecule has 0 aliphatic carbocycles. The molecule has 3 N–H and O–H groups in total. The Morgan fingerprint density at radius 3 is 3.00 bits per heavy atom. The van der Waals surface area contributed by atoms with Gasteiger partial charge in [-0.05, 0) is 44.9 Å². The van der Waals surface area contributed by atoms with Crippen LogP contribution in [0, 0.1) is 0 Å². The van der Waals surface area contributed by atoms with Crippen LogP contribution in [0.2, 0.25) is 0 Å². The summed E-state index contributed by atoms with van der Waals surface area (Å²) < 4.78 is 5.74. The fourth-order valence-electron chi connectivity index (χ4n) is 2.79. The first kappa shape index (κ1) is 15.6. The highest BCUT2D eigenvalue weighted by Crippen LogP contribution is 2.27. The van der Waals surface area contributed by atoms with Gasteiger partial charge in [0.25, 0.3) is 5.91 Å². The van der Waals surface area contributed by atoms with E-state index in [0.29, 0.717) is 17.8 Å². The summed E-state index contributed by atoms with van der Waals surface area (Å²) in [6.07, 6.45) is 2.37. The van der Waals surface area contributed by atoms with E-state index in [0.717, 1.165) is 38.2 Å². The Kier molecular flexibility index (Phi) is 5.44. The molecule has 1 aromatic carbocycles. The first-order valence-corrected chi connectivity index (χ1v) is 7.70. The van der Waals surface area contributed by atoms with Crippen LogP contribution in [0.25, 0.3) is 0 Å². The van der Waals surface area contributed by atoms with E-state index in [1.165, 1.54) is 0 Å². The van der Waals surface area contributed by atoms with Crippen LogP contribution in [0.3, 0.4) is 0 Å². The van der Waals surface area contributed by atoms with Crippen molar-refractivity contribution in [3.8, 4) is 0 Å². The molecule has 1 atom stereocenters. The average Bonchev–Trinajstić information content (AvgIpc) is 2.48. The van der Waals surface area contributed by atoms with E-state index in [1.807, 2.05) is 19.9 Å². The van der Waals surface area contributed by atoms with E-state index in [-0.39, 0.29) is 12.0 Å². The molecule has 0 spiro atoms.